The zero-order valence-electron chi connectivity index (χ0n) is 10.9. The van der Waals surface area contributed by atoms with Crippen LogP contribution in [0.4, 0.5) is 0 Å². The number of nitriles is 2. The molecule has 0 bridgehead atoms. The summed E-state index contributed by atoms with van der Waals surface area (Å²) in [6.45, 7) is 1.23. The van der Waals surface area contributed by atoms with Gasteiger partial charge in [-0.25, -0.2) is 0 Å². The van der Waals surface area contributed by atoms with E-state index in [4.69, 9.17) is 15.3 Å². The summed E-state index contributed by atoms with van der Waals surface area (Å²) in [6, 6.07) is 10.9. The molecule has 0 amide bonds. The minimum atomic E-state index is -0.630. The summed E-state index contributed by atoms with van der Waals surface area (Å²) in [5.41, 5.74) is 0.526. The summed E-state index contributed by atoms with van der Waals surface area (Å²) < 4.78 is 5.42. The summed E-state index contributed by atoms with van der Waals surface area (Å²) in [7, 11) is 1.84. The van der Waals surface area contributed by atoms with E-state index in [9.17, 15) is 5.11 Å². The van der Waals surface area contributed by atoms with Crippen molar-refractivity contribution in [2.24, 2.45) is 0 Å². The van der Waals surface area contributed by atoms with E-state index in [1.807, 2.05) is 18.0 Å². The quantitative estimate of drug-likeness (QED) is 0.794. The molecule has 0 radical (unpaired) electrons. The van der Waals surface area contributed by atoms with Crippen molar-refractivity contribution in [3.63, 3.8) is 0 Å². The lowest BCUT2D eigenvalue weighted by Gasteiger charge is -2.19. The Labute approximate surface area is 113 Å². The van der Waals surface area contributed by atoms with Crippen LogP contribution in [0.1, 0.15) is 12.0 Å². The molecule has 0 fully saturated rings. The average molecular weight is 259 g/mol. The molecule has 19 heavy (non-hydrogen) atoms. The Kier molecular flexibility index (Phi) is 6.38. The average Bonchev–Trinajstić information content (AvgIpc) is 2.43. The lowest BCUT2D eigenvalue weighted by atomic mass is 10.2. The van der Waals surface area contributed by atoms with Gasteiger partial charge in [-0.15, -0.1) is 0 Å². The smallest absolute Gasteiger partial charge is 0.120 e. The van der Waals surface area contributed by atoms with Crippen LogP contribution >= 0.6 is 0 Å². The largest absolute Gasteiger partial charge is 0.491 e. The first kappa shape index (κ1) is 15.0. The third kappa shape index (κ3) is 5.87. The van der Waals surface area contributed by atoms with Crippen LogP contribution in [-0.2, 0) is 0 Å². The van der Waals surface area contributed by atoms with Gasteiger partial charge in [0.05, 0.1) is 17.7 Å². The normalized spacial score (nSPS) is 11.6. The third-order valence-corrected chi connectivity index (χ3v) is 2.53. The molecule has 0 aliphatic carbocycles. The maximum Gasteiger partial charge on any atom is 0.120 e. The number of ether oxygens (including phenoxy) is 1. The van der Waals surface area contributed by atoms with Crippen molar-refractivity contribution in [1.82, 2.24) is 4.90 Å². The molecule has 1 aromatic rings. The van der Waals surface area contributed by atoms with Crippen molar-refractivity contribution in [3.8, 4) is 17.9 Å². The molecule has 1 unspecified atom stereocenters. The van der Waals surface area contributed by atoms with Gasteiger partial charge in [-0.1, -0.05) is 6.07 Å². The van der Waals surface area contributed by atoms with E-state index in [0.29, 0.717) is 30.8 Å². The molecule has 0 spiro atoms. The number of aliphatic hydroxyl groups excluding tert-OH is 1. The highest BCUT2D eigenvalue weighted by molar-refractivity contribution is 5.36. The number of rotatable bonds is 7. The van der Waals surface area contributed by atoms with Gasteiger partial charge in [-0.05, 0) is 25.2 Å². The standard InChI is InChI=1S/C14H17N3O2/c1-17(7-3-6-15)10-13(18)11-19-14-5-2-4-12(8-14)9-16/h2,4-5,8,13,18H,3,7,10-11H2,1H3. The van der Waals surface area contributed by atoms with Crippen LogP contribution in [0.15, 0.2) is 24.3 Å². The highest BCUT2D eigenvalue weighted by Gasteiger charge is 2.09. The van der Waals surface area contributed by atoms with Gasteiger partial charge in [0, 0.05) is 19.5 Å². The SMILES string of the molecule is CN(CCC#N)CC(O)COc1cccc(C#N)c1. The molecule has 1 aromatic carbocycles. The zero-order chi connectivity index (χ0) is 14.1. The third-order valence-electron chi connectivity index (χ3n) is 2.53. The topological polar surface area (TPSA) is 80.3 Å². The molecule has 0 heterocycles. The summed E-state index contributed by atoms with van der Waals surface area (Å²) in [6.07, 6.45) is -0.191. The van der Waals surface area contributed by atoms with E-state index >= 15 is 0 Å². The first-order valence-corrected chi connectivity index (χ1v) is 6.02. The van der Waals surface area contributed by atoms with Crippen LogP contribution in [0.25, 0.3) is 0 Å². The zero-order valence-corrected chi connectivity index (χ0v) is 10.9. The van der Waals surface area contributed by atoms with Gasteiger partial charge in [0.1, 0.15) is 18.5 Å². The molecule has 100 valence electrons. The van der Waals surface area contributed by atoms with Crippen LogP contribution in [0.5, 0.6) is 5.75 Å². The Hall–Kier alpha value is -2.08. The van der Waals surface area contributed by atoms with Gasteiger partial charge < -0.3 is 14.7 Å². The molecular weight excluding hydrogens is 242 g/mol. The van der Waals surface area contributed by atoms with Crippen LogP contribution in [0.2, 0.25) is 0 Å². The maximum absolute atomic E-state index is 9.79. The Morgan fingerprint density at radius 2 is 2.21 bits per heavy atom. The fourth-order valence-electron chi connectivity index (χ4n) is 1.59. The van der Waals surface area contributed by atoms with Gasteiger partial charge in [-0.2, -0.15) is 10.5 Å². The summed E-state index contributed by atoms with van der Waals surface area (Å²) in [5.74, 6) is 0.567. The molecule has 0 aromatic heterocycles. The minimum absolute atomic E-state index is 0.159. The van der Waals surface area contributed by atoms with Crippen molar-refractivity contribution in [2.75, 3.05) is 26.7 Å². The maximum atomic E-state index is 9.79. The van der Waals surface area contributed by atoms with Crippen molar-refractivity contribution in [3.05, 3.63) is 29.8 Å². The van der Waals surface area contributed by atoms with E-state index < -0.39 is 6.10 Å². The Bertz CT molecular complexity index is 476. The second-order valence-corrected chi connectivity index (χ2v) is 4.27. The molecule has 1 atom stereocenters. The summed E-state index contributed by atoms with van der Waals surface area (Å²) in [5, 5.41) is 27.0. The predicted molar refractivity (Wildman–Crippen MR) is 70.4 cm³/mol. The van der Waals surface area contributed by atoms with Crippen LogP contribution in [-0.4, -0.2) is 42.9 Å². The van der Waals surface area contributed by atoms with Crippen LogP contribution < -0.4 is 4.74 Å². The Balaban J connectivity index is 2.35. The van der Waals surface area contributed by atoms with E-state index in [0.717, 1.165) is 0 Å². The highest BCUT2D eigenvalue weighted by Crippen LogP contribution is 2.12. The van der Waals surface area contributed by atoms with Crippen molar-refractivity contribution in [2.45, 2.75) is 12.5 Å². The molecule has 1 rings (SSSR count). The molecule has 0 saturated carbocycles. The molecule has 0 aliphatic rings. The van der Waals surface area contributed by atoms with Crippen molar-refractivity contribution >= 4 is 0 Å². The lowest BCUT2D eigenvalue weighted by Crippen LogP contribution is -2.33. The fraction of sp³-hybridized carbons (Fsp3) is 0.429. The molecule has 5 nitrogen and oxygen atoms in total. The van der Waals surface area contributed by atoms with E-state index in [1.54, 1.807) is 24.3 Å². The summed E-state index contributed by atoms with van der Waals surface area (Å²) in [4.78, 5) is 1.88. The molecule has 1 N–H and O–H groups in total. The first-order valence-electron chi connectivity index (χ1n) is 6.02. The van der Waals surface area contributed by atoms with Gasteiger partial charge in [-0.3, -0.25) is 0 Å². The number of likely N-dealkylation sites (N-methyl/N-ethyl adjacent to an activating group) is 1. The molecule has 0 saturated heterocycles. The van der Waals surface area contributed by atoms with Crippen LogP contribution in [0.3, 0.4) is 0 Å². The monoisotopic (exact) mass is 259 g/mol. The number of nitrogens with zero attached hydrogens (tertiary/aromatic N) is 3. The van der Waals surface area contributed by atoms with Crippen molar-refractivity contribution in [1.29, 1.82) is 10.5 Å². The first-order chi connectivity index (χ1) is 9.15. The number of aliphatic hydroxyl groups is 1. The Morgan fingerprint density at radius 1 is 1.42 bits per heavy atom. The minimum Gasteiger partial charge on any atom is -0.491 e. The number of hydrogen-bond donors (Lipinski definition) is 1. The van der Waals surface area contributed by atoms with E-state index in [2.05, 4.69) is 6.07 Å². The van der Waals surface area contributed by atoms with E-state index in [-0.39, 0.29) is 6.61 Å². The molecule has 5 heteroatoms. The van der Waals surface area contributed by atoms with Crippen LogP contribution in [0, 0.1) is 22.7 Å². The lowest BCUT2D eigenvalue weighted by molar-refractivity contribution is 0.0770. The number of benzene rings is 1. The Morgan fingerprint density at radius 3 is 2.89 bits per heavy atom. The van der Waals surface area contributed by atoms with Gasteiger partial charge in [0.15, 0.2) is 0 Å². The van der Waals surface area contributed by atoms with Gasteiger partial charge >= 0.3 is 0 Å². The predicted octanol–water partition coefficient (Wildman–Crippen LogP) is 1.14. The van der Waals surface area contributed by atoms with E-state index in [1.165, 1.54) is 0 Å². The second kappa shape index (κ2) is 8.10. The molecule has 0 aliphatic heterocycles. The molecular formula is C14H17N3O2. The fourth-order valence-corrected chi connectivity index (χ4v) is 1.59. The highest BCUT2D eigenvalue weighted by atomic mass is 16.5. The number of hydrogen-bond acceptors (Lipinski definition) is 5. The summed E-state index contributed by atoms with van der Waals surface area (Å²) >= 11 is 0. The second-order valence-electron chi connectivity index (χ2n) is 4.27. The van der Waals surface area contributed by atoms with Gasteiger partial charge in [0.2, 0.25) is 0 Å². The van der Waals surface area contributed by atoms with Crippen molar-refractivity contribution < 1.29 is 9.84 Å². The van der Waals surface area contributed by atoms with Gasteiger partial charge in [0.25, 0.3) is 0 Å².